The molecule has 3 saturated carbocycles. The van der Waals surface area contributed by atoms with Crippen LogP contribution in [0.3, 0.4) is 0 Å². The Kier molecular flexibility index (Phi) is 6.82. The van der Waals surface area contributed by atoms with Crippen LogP contribution in [0, 0.1) is 44.6 Å². The molecule has 0 aliphatic heterocycles. The van der Waals surface area contributed by atoms with Gasteiger partial charge in [0.05, 0.1) is 27.7 Å². The number of fused-ring (bicyclic) bond motifs is 5. The summed E-state index contributed by atoms with van der Waals surface area (Å²) in [6, 6.07) is 4.81. The van der Waals surface area contributed by atoms with E-state index in [0.29, 0.717) is 16.5 Å². The number of hydrogen-bond donors (Lipinski definition) is 2. The molecule has 0 spiro atoms. The average molecular weight is 588 g/mol. The Morgan fingerprint density at radius 1 is 1.32 bits per heavy atom. The number of halogens is 1. The molecule has 1 aromatic carbocycles. The Morgan fingerprint density at radius 2 is 2.05 bits per heavy atom. The maximum Gasteiger partial charge on any atom is 0.288 e. The van der Waals surface area contributed by atoms with E-state index in [1.54, 1.807) is 30.4 Å². The SMILES string of the molecule is CC1C[C@@H]2[C@H](C(O)C[C@@]3(C)[C@H]2CC[C@]3(O)C(=O)COCc2cccc(Br)c2[N+](=O)[O-])[C@@]2(C)C=CC(=O)C=C12. The highest BCUT2D eigenvalue weighted by molar-refractivity contribution is 9.10. The highest BCUT2D eigenvalue weighted by Gasteiger charge is 2.68. The summed E-state index contributed by atoms with van der Waals surface area (Å²) < 4.78 is 5.96. The number of aliphatic hydroxyl groups is 2. The predicted molar refractivity (Wildman–Crippen MR) is 143 cm³/mol. The van der Waals surface area contributed by atoms with Crippen molar-refractivity contribution < 1.29 is 29.5 Å². The number of hydrogen-bond acceptors (Lipinski definition) is 7. The fourth-order valence-corrected chi connectivity index (χ4v) is 9.02. The molecule has 0 aromatic heterocycles. The summed E-state index contributed by atoms with van der Waals surface area (Å²) in [6.45, 7) is 5.62. The highest BCUT2D eigenvalue weighted by atomic mass is 79.9. The van der Waals surface area contributed by atoms with E-state index in [1.165, 1.54) is 0 Å². The number of allylic oxidation sites excluding steroid dienone is 4. The van der Waals surface area contributed by atoms with E-state index < -0.39 is 33.2 Å². The molecule has 0 amide bonds. The number of nitro benzene ring substituents is 1. The van der Waals surface area contributed by atoms with Gasteiger partial charge < -0.3 is 14.9 Å². The fourth-order valence-electron chi connectivity index (χ4n) is 8.47. The van der Waals surface area contributed by atoms with Gasteiger partial charge in [0.2, 0.25) is 0 Å². The fraction of sp³-hybridized carbons (Fsp3) is 0.586. The summed E-state index contributed by atoms with van der Waals surface area (Å²) in [4.78, 5) is 36.6. The number of rotatable bonds is 6. The lowest BCUT2D eigenvalue weighted by atomic mass is 9.45. The van der Waals surface area contributed by atoms with Crippen LogP contribution in [0.15, 0.2) is 46.5 Å². The van der Waals surface area contributed by atoms with E-state index >= 15 is 0 Å². The van der Waals surface area contributed by atoms with Gasteiger partial charge in [-0.15, -0.1) is 0 Å². The second-order valence-electron chi connectivity index (χ2n) is 12.1. The van der Waals surface area contributed by atoms with Gasteiger partial charge in [-0.1, -0.05) is 38.5 Å². The highest BCUT2D eigenvalue weighted by Crippen LogP contribution is 2.67. The van der Waals surface area contributed by atoms with E-state index in [2.05, 4.69) is 29.8 Å². The van der Waals surface area contributed by atoms with E-state index in [1.807, 2.05) is 13.0 Å². The molecule has 8 nitrogen and oxygen atoms in total. The zero-order valence-corrected chi connectivity index (χ0v) is 23.4. The van der Waals surface area contributed by atoms with Crippen LogP contribution in [-0.2, 0) is 20.9 Å². The van der Waals surface area contributed by atoms with E-state index in [9.17, 15) is 29.9 Å². The summed E-state index contributed by atoms with van der Waals surface area (Å²) in [7, 11) is 0. The molecular weight excluding hydrogens is 554 g/mol. The molecule has 4 aliphatic rings. The van der Waals surface area contributed by atoms with Gasteiger partial charge in [-0.05, 0) is 83.7 Å². The van der Waals surface area contributed by atoms with Crippen molar-refractivity contribution >= 4 is 33.2 Å². The van der Waals surface area contributed by atoms with Crippen LogP contribution in [0.25, 0.3) is 0 Å². The molecular formula is C29H34BrNO7. The van der Waals surface area contributed by atoms with Gasteiger partial charge in [0.1, 0.15) is 12.2 Å². The number of aliphatic hydroxyl groups excluding tert-OH is 1. The van der Waals surface area contributed by atoms with Crippen LogP contribution in [0.2, 0.25) is 0 Å². The predicted octanol–water partition coefficient (Wildman–Crippen LogP) is 4.70. The number of nitro groups is 1. The first-order valence-corrected chi connectivity index (χ1v) is 14.0. The lowest BCUT2D eigenvalue weighted by Gasteiger charge is -2.60. The maximum absolute atomic E-state index is 13.5. The molecule has 5 rings (SSSR count). The molecule has 3 fully saturated rings. The largest absolute Gasteiger partial charge is 0.393 e. The van der Waals surface area contributed by atoms with Gasteiger partial charge in [0, 0.05) is 16.7 Å². The molecule has 38 heavy (non-hydrogen) atoms. The molecule has 204 valence electrons. The molecule has 2 unspecified atom stereocenters. The number of nitrogens with zero attached hydrogens (tertiary/aromatic N) is 1. The zero-order valence-electron chi connectivity index (χ0n) is 21.9. The van der Waals surface area contributed by atoms with Crippen molar-refractivity contribution in [1.29, 1.82) is 0 Å². The molecule has 9 heteroatoms. The zero-order chi connectivity index (χ0) is 27.6. The van der Waals surface area contributed by atoms with Gasteiger partial charge in [0.25, 0.3) is 5.69 Å². The minimum Gasteiger partial charge on any atom is -0.393 e. The van der Waals surface area contributed by atoms with Crippen molar-refractivity contribution in [1.82, 2.24) is 0 Å². The maximum atomic E-state index is 13.5. The topological polar surface area (TPSA) is 127 Å². The standard InChI is InChI=1S/C29H34BrNO7/c1-16-11-19-20-8-10-29(35,24(34)15-38-14-17-5-4-6-22(30)26(17)31(36)37)28(20,3)13-23(33)25(19)27(2)9-7-18(32)12-21(16)27/h4-7,9,12,16,19-20,23,25,33,35H,8,10-11,13-15H2,1-3H3/t16?,19-,20-,23?,25+,27-,28-,29-/m0/s1. The van der Waals surface area contributed by atoms with Gasteiger partial charge in [-0.3, -0.25) is 19.7 Å². The second kappa shape index (κ2) is 9.47. The molecule has 0 bridgehead atoms. The van der Waals surface area contributed by atoms with Gasteiger partial charge in [0.15, 0.2) is 11.6 Å². The first kappa shape index (κ1) is 27.4. The van der Waals surface area contributed by atoms with Crippen LogP contribution < -0.4 is 0 Å². The third-order valence-corrected chi connectivity index (χ3v) is 10.8. The van der Waals surface area contributed by atoms with Gasteiger partial charge in [-0.25, -0.2) is 0 Å². The number of benzene rings is 1. The third kappa shape index (κ3) is 3.96. The van der Waals surface area contributed by atoms with Crippen molar-refractivity contribution in [2.45, 2.75) is 64.8 Å². The third-order valence-electron chi connectivity index (χ3n) is 10.2. The Balaban J connectivity index is 1.36. The summed E-state index contributed by atoms with van der Waals surface area (Å²) >= 11 is 3.19. The number of para-hydroxylation sites is 1. The average Bonchev–Trinajstić information content (AvgIpc) is 3.11. The van der Waals surface area contributed by atoms with Crippen molar-refractivity contribution in [3.8, 4) is 0 Å². The Bertz CT molecular complexity index is 1260. The number of carbonyl (C=O) groups excluding carboxylic acids is 2. The molecule has 1 aromatic rings. The minimum absolute atomic E-state index is 0.0213. The van der Waals surface area contributed by atoms with Crippen LogP contribution in [0.4, 0.5) is 5.69 Å². The van der Waals surface area contributed by atoms with E-state index in [0.717, 1.165) is 12.0 Å². The first-order chi connectivity index (χ1) is 17.8. The molecule has 8 atom stereocenters. The summed E-state index contributed by atoms with van der Waals surface area (Å²) in [6.07, 6.45) is 6.53. The monoisotopic (exact) mass is 587 g/mol. The Hall–Kier alpha value is -2.20. The van der Waals surface area contributed by atoms with E-state index in [-0.39, 0.29) is 61.2 Å². The van der Waals surface area contributed by atoms with Crippen molar-refractivity contribution in [3.63, 3.8) is 0 Å². The second-order valence-corrected chi connectivity index (χ2v) is 12.9. The van der Waals surface area contributed by atoms with Crippen LogP contribution >= 0.6 is 15.9 Å². The van der Waals surface area contributed by atoms with Crippen LogP contribution in [0.5, 0.6) is 0 Å². The number of ketones is 2. The molecule has 0 heterocycles. The molecule has 4 aliphatic carbocycles. The number of ether oxygens (including phenoxy) is 1. The van der Waals surface area contributed by atoms with Crippen molar-refractivity contribution in [3.05, 3.63) is 62.2 Å². The van der Waals surface area contributed by atoms with Crippen LogP contribution in [-0.4, -0.2) is 45.0 Å². The molecule has 0 saturated heterocycles. The van der Waals surface area contributed by atoms with Crippen LogP contribution in [0.1, 0.15) is 52.0 Å². The number of carbonyl (C=O) groups is 2. The van der Waals surface area contributed by atoms with Crippen molar-refractivity contribution in [2.24, 2.45) is 34.5 Å². The normalized spacial score (nSPS) is 39.7. The summed E-state index contributed by atoms with van der Waals surface area (Å²) in [5, 5.41) is 34.9. The number of Topliss-reactive ketones (excluding diaryl/α,β-unsaturated/α-hetero) is 1. The smallest absolute Gasteiger partial charge is 0.288 e. The lowest BCUT2D eigenvalue weighted by molar-refractivity contribution is -0.386. The Labute approximate surface area is 230 Å². The molecule has 0 radical (unpaired) electrons. The first-order valence-electron chi connectivity index (χ1n) is 13.2. The quantitative estimate of drug-likeness (QED) is 0.365. The molecule has 2 N–H and O–H groups in total. The lowest BCUT2D eigenvalue weighted by Crippen LogP contribution is -2.62. The minimum atomic E-state index is -1.66. The van der Waals surface area contributed by atoms with E-state index in [4.69, 9.17) is 4.74 Å². The Morgan fingerprint density at radius 3 is 2.76 bits per heavy atom. The summed E-state index contributed by atoms with van der Waals surface area (Å²) in [5.74, 6) is -0.304. The van der Waals surface area contributed by atoms with Gasteiger partial charge >= 0.3 is 0 Å². The van der Waals surface area contributed by atoms with Crippen molar-refractivity contribution in [2.75, 3.05) is 6.61 Å². The summed E-state index contributed by atoms with van der Waals surface area (Å²) in [5.41, 5.74) is -1.65. The van der Waals surface area contributed by atoms with Gasteiger partial charge in [-0.2, -0.15) is 0 Å².